The van der Waals surface area contributed by atoms with E-state index < -0.39 is 0 Å². The molecule has 22 heavy (non-hydrogen) atoms. The highest BCUT2D eigenvalue weighted by molar-refractivity contribution is 9.10. The van der Waals surface area contributed by atoms with Crippen LogP contribution in [0.2, 0.25) is 0 Å². The summed E-state index contributed by atoms with van der Waals surface area (Å²) in [6, 6.07) is 14.2. The molecule has 0 fully saturated rings. The minimum atomic E-state index is 0.669. The maximum absolute atomic E-state index is 5.52. The van der Waals surface area contributed by atoms with Crippen molar-refractivity contribution in [2.24, 2.45) is 0 Å². The smallest absolute Gasteiger partial charge is 0.133 e. The fourth-order valence-electron chi connectivity index (χ4n) is 2.34. The second-order valence-corrected chi connectivity index (χ2v) is 5.86. The van der Waals surface area contributed by atoms with Crippen molar-refractivity contribution in [3.63, 3.8) is 0 Å². The van der Waals surface area contributed by atoms with Gasteiger partial charge in [-0.15, -0.1) is 0 Å². The Kier molecular flexibility index (Phi) is 4.75. The number of hydrogen-bond acceptors (Lipinski definition) is 3. The molecule has 3 rings (SSSR count). The van der Waals surface area contributed by atoms with Gasteiger partial charge in [0.2, 0.25) is 0 Å². The van der Waals surface area contributed by atoms with E-state index in [1.165, 1.54) is 5.56 Å². The van der Waals surface area contributed by atoms with Gasteiger partial charge in [0.25, 0.3) is 0 Å². The molecular formula is C17H18BrN3O. The number of rotatable bonds is 6. The van der Waals surface area contributed by atoms with Crippen molar-refractivity contribution in [3.05, 3.63) is 58.3 Å². The average Bonchev–Trinajstić information content (AvgIpc) is 2.93. The van der Waals surface area contributed by atoms with Gasteiger partial charge in [-0.25, -0.2) is 4.98 Å². The zero-order valence-electron chi connectivity index (χ0n) is 12.4. The van der Waals surface area contributed by atoms with Crippen LogP contribution in [0.5, 0.6) is 5.75 Å². The molecule has 0 saturated carbocycles. The molecule has 5 heteroatoms. The first kappa shape index (κ1) is 15.1. The molecule has 0 bridgehead atoms. The highest BCUT2D eigenvalue weighted by Crippen LogP contribution is 2.25. The van der Waals surface area contributed by atoms with E-state index >= 15 is 0 Å². The molecule has 3 aromatic rings. The zero-order chi connectivity index (χ0) is 15.4. The quantitative estimate of drug-likeness (QED) is 0.698. The van der Waals surface area contributed by atoms with Gasteiger partial charge in [0.05, 0.1) is 28.7 Å². The molecule has 0 radical (unpaired) electrons. The van der Waals surface area contributed by atoms with Gasteiger partial charge in [0.15, 0.2) is 0 Å². The predicted molar refractivity (Wildman–Crippen MR) is 91.9 cm³/mol. The van der Waals surface area contributed by atoms with E-state index in [4.69, 9.17) is 4.74 Å². The Morgan fingerprint density at radius 3 is 2.82 bits per heavy atom. The molecule has 2 aromatic carbocycles. The molecule has 0 aliphatic carbocycles. The molecule has 0 amide bonds. The van der Waals surface area contributed by atoms with Gasteiger partial charge in [-0.1, -0.05) is 18.2 Å². The Morgan fingerprint density at radius 1 is 1.18 bits per heavy atom. The van der Waals surface area contributed by atoms with E-state index in [2.05, 4.69) is 43.3 Å². The lowest BCUT2D eigenvalue weighted by Crippen LogP contribution is -2.13. The van der Waals surface area contributed by atoms with E-state index in [1.807, 2.05) is 37.3 Å². The zero-order valence-corrected chi connectivity index (χ0v) is 14.0. The van der Waals surface area contributed by atoms with Gasteiger partial charge in [-0.05, 0) is 52.7 Å². The molecule has 0 spiro atoms. The van der Waals surface area contributed by atoms with Crippen LogP contribution in [-0.4, -0.2) is 16.6 Å². The predicted octanol–water partition coefficient (Wildman–Crippen LogP) is 4.01. The summed E-state index contributed by atoms with van der Waals surface area (Å²) in [6.45, 7) is 4.14. The normalized spacial score (nSPS) is 11.0. The van der Waals surface area contributed by atoms with E-state index in [9.17, 15) is 0 Å². The lowest BCUT2D eigenvalue weighted by molar-refractivity contribution is 0.338. The van der Waals surface area contributed by atoms with Gasteiger partial charge < -0.3 is 15.0 Å². The maximum Gasteiger partial charge on any atom is 0.133 e. The van der Waals surface area contributed by atoms with Crippen molar-refractivity contribution in [3.8, 4) is 5.75 Å². The molecular weight excluding hydrogens is 342 g/mol. The fraction of sp³-hybridized carbons (Fsp3) is 0.235. The Labute approximate surface area is 138 Å². The summed E-state index contributed by atoms with van der Waals surface area (Å²) in [6.07, 6.45) is 0. The average molecular weight is 360 g/mol. The summed E-state index contributed by atoms with van der Waals surface area (Å²) in [4.78, 5) is 7.87. The molecule has 114 valence electrons. The van der Waals surface area contributed by atoms with Crippen molar-refractivity contribution in [1.29, 1.82) is 0 Å². The summed E-state index contributed by atoms with van der Waals surface area (Å²) in [5.74, 6) is 1.83. The molecule has 4 nitrogen and oxygen atoms in total. The minimum absolute atomic E-state index is 0.669. The van der Waals surface area contributed by atoms with E-state index in [0.29, 0.717) is 13.2 Å². The number of hydrogen-bond donors (Lipinski definition) is 2. The highest BCUT2D eigenvalue weighted by Gasteiger charge is 2.04. The Bertz CT molecular complexity index is 736. The number of para-hydroxylation sites is 2. The number of aromatic amines is 1. The molecule has 1 heterocycles. The first-order chi connectivity index (χ1) is 10.8. The molecule has 0 unspecified atom stereocenters. The van der Waals surface area contributed by atoms with Crippen LogP contribution < -0.4 is 10.1 Å². The first-order valence-corrected chi connectivity index (χ1v) is 8.11. The largest absolute Gasteiger partial charge is 0.493 e. The van der Waals surface area contributed by atoms with Gasteiger partial charge in [0.1, 0.15) is 11.6 Å². The maximum atomic E-state index is 5.52. The molecule has 0 aliphatic rings. The number of nitrogens with zero attached hydrogens (tertiary/aromatic N) is 1. The van der Waals surface area contributed by atoms with Crippen molar-refractivity contribution in [2.75, 3.05) is 6.61 Å². The summed E-state index contributed by atoms with van der Waals surface area (Å²) < 4.78 is 6.50. The Hall–Kier alpha value is -1.85. The van der Waals surface area contributed by atoms with Crippen LogP contribution in [0, 0.1) is 0 Å². The number of fused-ring (bicyclic) bond motifs is 1. The number of nitrogens with one attached hydrogen (secondary N) is 2. The fourth-order valence-corrected chi connectivity index (χ4v) is 2.88. The van der Waals surface area contributed by atoms with Crippen molar-refractivity contribution in [1.82, 2.24) is 15.3 Å². The van der Waals surface area contributed by atoms with Gasteiger partial charge >= 0.3 is 0 Å². The number of imidazole rings is 1. The number of H-pyrrole nitrogens is 1. The first-order valence-electron chi connectivity index (χ1n) is 7.32. The van der Waals surface area contributed by atoms with E-state index in [0.717, 1.165) is 33.6 Å². The standard InChI is InChI=1S/C17H18BrN3O/c1-2-22-16-8-7-12(9-13(16)18)10-19-11-17-20-14-5-3-4-6-15(14)21-17/h3-9,19H,2,10-11H2,1H3,(H,20,21). The van der Waals surface area contributed by atoms with Crippen LogP contribution in [0.3, 0.4) is 0 Å². The molecule has 0 aliphatic heterocycles. The van der Waals surface area contributed by atoms with Crippen LogP contribution in [0.1, 0.15) is 18.3 Å². The number of aromatic nitrogens is 2. The third-order valence-electron chi connectivity index (χ3n) is 3.36. The van der Waals surface area contributed by atoms with Gasteiger partial charge in [0, 0.05) is 6.54 Å². The van der Waals surface area contributed by atoms with Gasteiger partial charge in [-0.2, -0.15) is 0 Å². The topological polar surface area (TPSA) is 49.9 Å². The van der Waals surface area contributed by atoms with Crippen LogP contribution in [0.15, 0.2) is 46.9 Å². The second-order valence-electron chi connectivity index (χ2n) is 5.00. The van der Waals surface area contributed by atoms with Crippen LogP contribution in [-0.2, 0) is 13.1 Å². The van der Waals surface area contributed by atoms with Crippen molar-refractivity contribution in [2.45, 2.75) is 20.0 Å². The highest BCUT2D eigenvalue weighted by atomic mass is 79.9. The molecule has 0 atom stereocenters. The van der Waals surface area contributed by atoms with Crippen LogP contribution in [0.4, 0.5) is 0 Å². The summed E-state index contributed by atoms with van der Waals surface area (Å²) in [5, 5.41) is 3.40. The van der Waals surface area contributed by atoms with Gasteiger partial charge in [-0.3, -0.25) is 0 Å². The molecule has 1 aromatic heterocycles. The summed E-state index contributed by atoms with van der Waals surface area (Å²) >= 11 is 3.54. The van der Waals surface area contributed by atoms with Crippen molar-refractivity contribution < 1.29 is 4.74 Å². The van der Waals surface area contributed by atoms with Crippen LogP contribution >= 0.6 is 15.9 Å². The number of halogens is 1. The second kappa shape index (κ2) is 6.94. The Balaban J connectivity index is 1.59. The lowest BCUT2D eigenvalue weighted by Gasteiger charge is -2.08. The SMILES string of the molecule is CCOc1ccc(CNCc2nc3ccccc3[nH]2)cc1Br. The number of ether oxygens (including phenoxy) is 1. The minimum Gasteiger partial charge on any atom is -0.493 e. The molecule has 0 saturated heterocycles. The lowest BCUT2D eigenvalue weighted by atomic mass is 10.2. The number of benzene rings is 2. The summed E-state index contributed by atoms with van der Waals surface area (Å²) in [5.41, 5.74) is 3.28. The Morgan fingerprint density at radius 2 is 2.05 bits per heavy atom. The van der Waals surface area contributed by atoms with E-state index in [-0.39, 0.29) is 0 Å². The van der Waals surface area contributed by atoms with E-state index in [1.54, 1.807) is 0 Å². The van der Waals surface area contributed by atoms with Crippen LogP contribution in [0.25, 0.3) is 11.0 Å². The summed E-state index contributed by atoms with van der Waals surface area (Å²) in [7, 11) is 0. The molecule has 2 N–H and O–H groups in total. The third-order valence-corrected chi connectivity index (χ3v) is 3.98. The third kappa shape index (κ3) is 3.48. The van der Waals surface area contributed by atoms with Crippen molar-refractivity contribution >= 4 is 27.0 Å². The monoisotopic (exact) mass is 359 g/mol.